The summed E-state index contributed by atoms with van der Waals surface area (Å²) in [4.78, 5) is 14.4. The van der Waals surface area contributed by atoms with Gasteiger partial charge in [0, 0.05) is 4.90 Å². The molecule has 1 aromatic carbocycles. The molecule has 4 atom stereocenters. The Balaban J connectivity index is 1.49. The van der Waals surface area contributed by atoms with Gasteiger partial charge in [0.05, 0.1) is 23.8 Å². The van der Waals surface area contributed by atoms with Crippen molar-refractivity contribution >= 4 is 28.7 Å². The minimum absolute atomic E-state index is 0.129. The summed E-state index contributed by atoms with van der Waals surface area (Å²) < 4.78 is 13.9. The lowest BCUT2D eigenvalue weighted by molar-refractivity contribution is -0.00601. The number of aliphatic hydroxyl groups excluding tert-OH is 1. The lowest BCUT2D eigenvalue weighted by Crippen LogP contribution is -2.28. The third kappa shape index (κ3) is 3.61. The molecule has 3 N–H and O–H groups in total. The molecule has 158 valence electrons. The number of nitrogen functional groups attached to an aromatic ring is 1. The molecule has 1 saturated heterocycles. The zero-order chi connectivity index (χ0) is 20.7. The second kappa shape index (κ2) is 8.05. The minimum Gasteiger partial charge on any atom is -0.460 e. The lowest BCUT2D eigenvalue weighted by atomic mass is 10.2. The summed E-state index contributed by atoms with van der Waals surface area (Å²) in [6.45, 7) is 1.88. The van der Waals surface area contributed by atoms with Gasteiger partial charge in [-0.2, -0.15) is 9.97 Å². The van der Waals surface area contributed by atoms with Gasteiger partial charge in [0.25, 0.3) is 0 Å². The number of ether oxygens (including phenoxy) is 2. The zero-order valence-corrected chi connectivity index (χ0v) is 17.5. The maximum Gasteiger partial charge on any atom is 0.320 e. The number of rotatable bonds is 5. The summed E-state index contributed by atoms with van der Waals surface area (Å²) in [7, 11) is 0. The van der Waals surface area contributed by atoms with Crippen molar-refractivity contribution in [3.05, 3.63) is 36.7 Å². The van der Waals surface area contributed by atoms with Gasteiger partial charge in [-0.15, -0.1) is 11.8 Å². The molecule has 5 rings (SSSR count). The first-order valence-corrected chi connectivity index (χ1v) is 11.2. The molecule has 0 bridgehead atoms. The molecule has 2 aromatic heterocycles. The highest BCUT2D eigenvalue weighted by Gasteiger charge is 2.44. The quantitative estimate of drug-likeness (QED) is 0.639. The van der Waals surface area contributed by atoms with Gasteiger partial charge in [-0.1, -0.05) is 18.2 Å². The number of hydrogen-bond acceptors (Lipinski definition) is 8. The van der Waals surface area contributed by atoms with Crippen LogP contribution in [0, 0.1) is 0 Å². The molecular weight excluding hydrogens is 402 g/mol. The van der Waals surface area contributed by atoms with E-state index in [1.807, 2.05) is 41.8 Å². The fourth-order valence-corrected chi connectivity index (χ4v) is 5.43. The summed E-state index contributed by atoms with van der Waals surface area (Å²) >= 11 is 1.58. The van der Waals surface area contributed by atoms with Crippen LogP contribution in [0.1, 0.15) is 38.8 Å². The Morgan fingerprint density at radius 3 is 2.73 bits per heavy atom. The summed E-state index contributed by atoms with van der Waals surface area (Å²) in [6.07, 6.45) is 4.71. The van der Waals surface area contributed by atoms with Crippen LogP contribution in [-0.2, 0) is 4.74 Å². The number of thioether (sulfide) groups is 1. The van der Waals surface area contributed by atoms with Crippen LogP contribution in [0.5, 0.6) is 6.01 Å². The van der Waals surface area contributed by atoms with Gasteiger partial charge in [0.1, 0.15) is 6.10 Å². The molecular formula is C21H25N5O3S. The Bertz CT molecular complexity index is 1020. The average Bonchev–Trinajstić information content (AvgIpc) is 3.46. The minimum atomic E-state index is -0.633. The number of aliphatic hydroxyl groups is 1. The van der Waals surface area contributed by atoms with Crippen molar-refractivity contribution in [2.24, 2.45) is 0 Å². The van der Waals surface area contributed by atoms with Crippen molar-refractivity contribution in [1.29, 1.82) is 0 Å². The molecule has 0 amide bonds. The molecule has 3 heterocycles. The van der Waals surface area contributed by atoms with E-state index < -0.39 is 12.3 Å². The van der Waals surface area contributed by atoms with Crippen molar-refractivity contribution in [3.8, 4) is 6.01 Å². The molecule has 2 aliphatic rings. The molecule has 0 spiro atoms. The third-order valence-corrected chi connectivity index (χ3v) is 7.07. The van der Waals surface area contributed by atoms with Crippen molar-refractivity contribution < 1.29 is 14.6 Å². The molecule has 30 heavy (non-hydrogen) atoms. The van der Waals surface area contributed by atoms with Gasteiger partial charge in [-0.05, 0) is 44.7 Å². The van der Waals surface area contributed by atoms with Crippen LogP contribution >= 0.6 is 11.8 Å². The van der Waals surface area contributed by atoms with Gasteiger partial charge in [0.2, 0.25) is 0 Å². The van der Waals surface area contributed by atoms with Crippen molar-refractivity contribution in [2.45, 2.75) is 67.3 Å². The first-order valence-electron chi connectivity index (χ1n) is 10.3. The number of nitrogens with zero attached hydrogens (tertiary/aromatic N) is 4. The smallest absolute Gasteiger partial charge is 0.320 e. The van der Waals surface area contributed by atoms with Gasteiger partial charge in [-0.25, -0.2) is 4.98 Å². The zero-order valence-electron chi connectivity index (χ0n) is 16.7. The maximum atomic E-state index is 10.8. The molecule has 1 saturated carbocycles. The van der Waals surface area contributed by atoms with Gasteiger partial charge in [-0.3, -0.25) is 4.57 Å². The Hall–Kier alpha value is -2.36. The van der Waals surface area contributed by atoms with Gasteiger partial charge in [0.15, 0.2) is 23.2 Å². The highest BCUT2D eigenvalue weighted by Crippen LogP contribution is 2.42. The summed E-state index contributed by atoms with van der Waals surface area (Å²) in [5.74, 6) is 0.283. The number of aromatic nitrogens is 4. The Labute approximate surface area is 178 Å². The summed E-state index contributed by atoms with van der Waals surface area (Å²) in [5.41, 5.74) is 7.22. The predicted molar refractivity (Wildman–Crippen MR) is 114 cm³/mol. The fourth-order valence-electron chi connectivity index (χ4n) is 4.13. The summed E-state index contributed by atoms with van der Waals surface area (Å²) in [6, 6.07) is 10.3. The average molecular weight is 428 g/mol. The molecule has 2 fully saturated rings. The first-order chi connectivity index (χ1) is 14.6. The monoisotopic (exact) mass is 427 g/mol. The maximum absolute atomic E-state index is 10.8. The second-order valence-corrected chi connectivity index (χ2v) is 9.11. The Kier molecular flexibility index (Phi) is 5.26. The van der Waals surface area contributed by atoms with E-state index in [1.165, 1.54) is 0 Å². The Morgan fingerprint density at radius 1 is 1.20 bits per heavy atom. The number of fused-ring (bicyclic) bond motifs is 1. The van der Waals surface area contributed by atoms with E-state index in [-0.39, 0.29) is 29.3 Å². The third-order valence-electron chi connectivity index (χ3n) is 5.74. The van der Waals surface area contributed by atoms with E-state index in [4.69, 9.17) is 15.2 Å². The van der Waals surface area contributed by atoms with Crippen LogP contribution in [-0.4, -0.2) is 48.2 Å². The first kappa shape index (κ1) is 19.6. The normalized spacial score (nSPS) is 27.1. The fraction of sp³-hybridized carbons (Fsp3) is 0.476. The highest BCUT2D eigenvalue weighted by atomic mass is 32.2. The molecule has 8 nitrogen and oxygen atoms in total. The lowest BCUT2D eigenvalue weighted by Gasteiger charge is -2.21. The predicted octanol–water partition coefficient (Wildman–Crippen LogP) is 3.17. The SMILES string of the molecule is C[C@@H]1O[C@@H](n2cnc3c(N)nc(OC4CCCC4)nc32)[C@@H](Sc2ccccc2)[C@H]1O. The van der Waals surface area contributed by atoms with Gasteiger partial charge < -0.3 is 20.3 Å². The number of nitrogens with two attached hydrogens (primary N) is 1. The van der Waals surface area contributed by atoms with Crippen LogP contribution in [0.2, 0.25) is 0 Å². The number of benzene rings is 1. The van der Waals surface area contributed by atoms with E-state index in [1.54, 1.807) is 18.1 Å². The van der Waals surface area contributed by atoms with E-state index >= 15 is 0 Å². The topological polar surface area (TPSA) is 108 Å². The van der Waals surface area contributed by atoms with E-state index in [0.29, 0.717) is 11.2 Å². The number of anilines is 1. The van der Waals surface area contributed by atoms with Crippen molar-refractivity contribution in [3.63, 3.8) is 0 Å². The van der Waals surface area contributed by atoms with Crippen LogP contribution < -0.4 is 10.5 Å². The van der Waals surface area contributed by atoms with Crippen LogP contribution in [0.4, 0.5) is 5.82 Å². The Morgan fingerprint density at radius 2 is 1.97 bits per heavy atom. The van der Waals surface area contributed by atoms with Crippen LogP contribution in [0.15, 0.2) is 41.6 Å². The molecule has 9 heteroatoms. The number of imidazole rings is 1. The van der Waals surface area contributed by atoms with E-state index in [0.717, 1.165) is 30.6 Å². The van der Waals surface area contributed by atoms with Crippen molar-refractivity contribution in [2.75, 3.05) is 5.73 Å². The highest BCUT2D eigenvalue weighted by molar-refractivity contribution is 8.00. The van der Waals surface area contributed by atoms with Crippen molar-refractivity contribution in [1.82, 2.24) is 19.5 Å². The largest absolute Gasteiger partial charge is 0.460 e. The van der Waals surface area contributed by atoms with Crippen LogP contribution in [0.25, 0.3) is 11.2 Å². The molecule has 0 unspecified atom stereocenters. The van der Waals surface area contributed by atoms with E-state index in [2.05, 4.69) is 15.0 Å². The molecule has 0 radical (unpaired) electrons. The number of hydrogen-bond donors (Lipinski definition) is 2. The van der Waals surface area contributed by atoms with Gasteiger partial charge >= 0.3 is 6.01 Å². The second-order valence-electron chi connectivity index (χ2n) is 7.86. The van der Waals surface area contributed by atoms with E-state index in [9.17, 15) is 5.11 Å². The molecule has 3 aromatic rings. The van der Waals surface area contributed by atoms with Crippen LogP contribution in [0.3, 0.4) is 0 Å². The summed E-state index contributed by atoms with van der Waals surface area (Å²) in [5, 5.41) is 10.6. The molecule has 1 aliphatic heterocycles. The standard InChI is InChI=1S/C21H25N5O3S/c1-12-16(27)17(30-14-9-3-2-4-10-14)20(28-12)26-11-23-15-18(22)24-21(25-19(15)26)29-13-7-5-6-8-13/h2-4,9-13,16-17,20,27H,5-8H2,1H3,(H2,22,24,25)/t12-,16-,17-,20+/m0/s1. The molecule has 1 aliphatic carbocycles.